The molecule has 1 fully saturated rings. The molecular weight excluding hydrogens is 356 g/mol. The van der Waals surface area contributed by atoms with Gasteiger partial charge in [0.1, 0.15) is 0 Å². The zero-order valence-electron chi connectivity index (χ0n) is 16.6. The van der Waals surface area contributed by atoms with Crippen LogP contribution in [-0.4, -0.2) is 55.4 Å². The van der Waals surface area contributed by atoms with Crippen molar-refractivity contribution in [1.82, 2.24) is 15.2 Å². The van der Waals surface area contributed by atoms with E-state index in [1.807, 2.05) is 31.2 Å². The molecule has 0 aliphatic carbocycles. The maximum atomic E-state index is 12.4. The van der Waals surface area contributed by atoms with Crippen molar-refractivity contribution in [2.75, 3.05) is 38.7 Å². The first-order valence-electron chi connectivity index (χ1n) is 9.59. The lowest BCUT2D eigenvalue weighted by Crippen LogP contribution is -2.50. The van der Waals surface area contributed by atoms with Gasteiger partial charge in [-0.3, -0.25) is 10.2 Å². The van der Waals surface area contributed by atoms with Gasteiger partial charge in [0.2, 0.25) is 0 Å². The second-order valence-corrected chi connectivity index (χ2v) is 6.73. The van der Waals surface area contributed by atoms with Crippen LogP contribution in [0.15, 0.2) is 42.5 Å². The molecule has 0 saturated carbocycles. The van der Waals surface area contributed by atoms with E-state index in [0.717, 1.165) is 18.8 Å². The van der Waals surface area contributed by atoms with E-state index in [4.69, 9.17) is 9.47 Å². The highest BCUT2D eigenvalue weighted by molar-refractivity contribution is 5.89. The Bertz CT molecular complexity index is 784. The maximum absolute atomic E-state index is 12.4. The Balaban J connectivity index is 1.66. The van der Waals surface area contributed by atoms with Crippen molar-refractivity contribution in [3.8, 4) is 5.75 Å². The Morgan fingerprint density at radius 1 is 1.29 bits per heavy atom. The predicted molar refractivity (Wildman–Crippen MR) is 109 cm³/mol. The number of aryl methyl sites for hydroxylation is 1. The molecule has 1 saturated heterocycles. The summed E-state index contributed by atoms with van der Waals surface area (Å²) in [5, 5.41) is 5.69. The first-order valence-corrected chi connectivity index (χ1v) is 9.59. The number of anilines is 1. The highest BCUT2D eigenvalue weighted by Gasteiger charge is 2.32. The third-order valence-corrected chi connectivity index (χ3v) is 4.92. The minimum Gasteiger partial charge on any atom is -0.493 e. The molecule has 7 heteroatoms. The molecule has 1 aliphatic rings. The van der Waals surface area contributed by atoms with Crippen molar-refractivity contribution in [3.05, 3.63) is 53.7 Å². The average Bonchev–Trinajstić information content (AvgIpc) is 2.72. The molecule has 1 aliphatic heterocycles. The third kappa shape index (κ3) is 4.79. The van der Waals surface area contributed by atoms with Crippen molar-refractivity contribution in [3.63, 3.8) is 0 Å². The molecule has 0 bridgehead atoms. The molecule has 0 radical (unpaired) electrons. The molecule has 2 aromatic rings. The van der Waals surface area contributed by atoms with E-state index < -0.39 is 0 Å². The van der Waals surface area contributed by atoms with Crippen LogP contribution in [0.25, 0.3) is 0 Å². The number of rotatable bonds is 6. The number of aromatic nitrogens is 1. The highest BCUT2D eigenvalue weighted by atomic mass is 16.5. The summed E-state index contributed by atoms with van der Waals surface area (Å²) >= 11 is 0. The van der Waals surface area contributed by atoms with Gasteiger partial charge in [-0.2, -0.15) is 0 Å². The summed E-state index contributed by atoms with van der Waals surface area (Å²) in [4.78, 5) is 19.2. The summed E-state index contributed by atoms with van der Waals surface area (Å²) in [6.07, 6.45) is -0.130. The first kappa shape index (κ1) is 20.1. The Hall–Kier alpha value is -2.64. The minimum atomic E-state index is -0.333. The Kier molecular flexibility index (Phi) is 6.84. The number of ether oxygens (including phenoxy) is 2. The van der Waals surface area contributed by atoms with E-state index in [0.29, 0.717) is 24.7 Å². The van der Waals surface area contributed by atoms with Crippen LogP contribution < -0.4 is 15.4 Å². The molecular formula is C21H28N4O3. The van der Waals surface area contributed by atoms with Crippen LogP contribution in [0.4, 0.5) is 10.6 Å². The maximum Gasteiger partial charge on any atom is 0.320 e. The van der Waals surface area contributed by atoms with Gasteiger partial charge in [0.25, 0.3) is 0 Å². The van der Waals surface area contributed by atoms with E-state index in [2.05, 4.69) is 39.6 Å². The fourth-order valence-corrected chi connectivity index (χ4v) is 3.53. The van der Waals surface area contributed by atoms with Crippen LogP contribution in [0.1, 0.15) is 24.2 Å². The van der Waals surface area contributed by atoms with Gasteiger partial charge >= 0.3 is 6.03 Å². The lowest BCUT2D eigenvalue weighted by molar-refractivity contribution is -0.0680. The summed E-state index contributed by atoms with van der Waals surface area (Å²) in [5.74, 6) is 0.924. The number of nitrogens with zero attached hydrogens (tertiary/aromatic N) is 2. The number of methoxy groups -OCH3 is 1. The van der Waals surface area contributed by atoms with E-state index in [1.165, 1.54) is 5.56 Å². The molecule has 1 aromatic heterocycles. The number of carbonyl (C=O) groups excluding carboxylic acids is 1. The molecule has 0 spiro atoms. The van der Waals surface area contributed by atoms with E-state index >= 15 is 0 Å². The zero-order valence-corrected chi connectivity index (χ0v) is 16.6. The van der Waals surface area contributed by atoms with E-state index in [-0.39, 0.29) is 18.2 Å². The monoisotopic (exact) mass is 384 g/mol. The molecule has 150 valence electrons. The van der Waals surface area contributed by atoms with Gasteiger partial charge in [-0.05, 0) is 31.2 Å². The van der Waals surface area contributed by atoms with Crippen LogP contribution in [0, 0.1) is 6.92 Å². The summed E-state index contributed by atoms with van der Waals surface area (Å²) < 4.78 is 11.3. The number of hydrogen-bond acceptors (Lipinski definition) is 5. The number of benzene rings is 1. The number of nitrogens with one attached hydrogen (secondary N) is 2. The fourth-order valence-electron chi connectivity index (χ4n) is 3.53. The first-order chi connectivity index (χ1) is 13.6. The third-order valence-electron chi connectivity index (χ3n) is 4.92. The molecule has 2 amide bonds. The molecule has 2 heterocycles. The van der Waals surface area contributed by atoms with Gasteiger partial charge in [0.15, 0.2) is 11.6 Å². The number of morpholine rings is 1. The van der Waals surface area contributed by atoms with Gasteiger partial charge in [-0.15, -0.1) is 0 Å². The average molecular weight is 384 g/mol. The van der Waals surface area contributed by atoms with Gasteiger partial charge in [-0.1, -0.05) is 37.3 Å². The van der Waals surface area contributed by atoms with Crippen LogP contribution in [-0.2, 0) is 4.74 Å². The van der Waals surface area contributed by atoms with Gasteiger partial charge < -0.3 is 14.8 Å². The number of urea groups is 1. The van der Waals surface area contributed by atoms with Crippen molar-refractivity contribution in [1.29, 1.82) is 0 Å². The topological polar surface area (TPSA) is 75.7 Å². The van der Waals surface area contributed by atoms with Crippen LogP contribution >= 0.6 is 0 Å². The number of hydrogen-bond donors (Lipinski definition) is 2. The quantitative estimate of drug-likeness (QED) is 0.801. The molecule has 28 heavy (non-hydrogen) atoms. The van der Waals surface area contributed by atoms with E-state index in [1.54, 1.807) is 13.2 Å². The zero-order chi connectivity index (χ0) is 19.9. The largest absolute Gasteiger partial charge is 0.493 e. The molecule has 7 nitrogen and oxygen atoms in total. The molecule has 3 rings (SSSR count). The van der Waals surface area contributed by atoms with Gasteiger partial charge in [-0.25, -0.2) is 9.78 Å². The van der Waals surface area contributed by atoms with Gasteiger partial charge in [0, 0.05) is 18.8 Å². The lowest BCUT2D eigenvalue weighted by atomic mass is 9.98. The van der Waals surface area contributed by atoms with Crippen LogP contribution in [0.3, 0.4) is 0 Å². The number of amides is 2. The van der Waals surface area contributed by atoms with Crippen LogP contribution in [0.5, 0.6) is 5.75 Å². The smallest absolute Gasteiger partial charge is 0.320 e. The Morgan fingerprint density at radius 2 is 2.07 bits per heavy atom. The number of likely N-dealkylation sites (N-methyl/N-ethyl adjacent to an activating group) is 1. The van der Waals surface area contributed by atoms with E-state index in [9.17, 15) is 4.79 Å². The number of pyridine rings is 1. The summed E-state index contributed by atoms with van der Waals surface area (Å²) in [6, 6.07) is 13.7. The molecule has 2 atom stereocenters. The highest BCUT2D eigenvalue weighted by Crippen LogP contribution is 2.29. The Labute approximate surface area is 166 Å². The van der Waals surface area contributed by atoms with Crippen LogP contribution in [0.2, 0.25) is 0 Å². The Morgan fingerprint density at radius 3 is 2.79 bits per heavy atom. The summed E-state index contributed by atoms with van der Waals surface area (Å²) in [6.45, 7) is 6.87. The SMILES string of the molecule is CCN1CCO[C@@H](CNC(=O)Nc2nc(C)ccc2OC)[C@@H]1c1ccccc1. The van der Waals surface area contributed by atoms with Crippen molar-refractivity contribution in [2.45, 2.75) is 26.0 Å². The minimum absolute atomic E-state index is 0.104. The fraction of sp³-hybridized carbons (Fsp3) is 0.429. The number of carbonyl (C=O) groups is 1. The molecule has 2 N–H and O–H groups in total. The van der Waals surface area contributed by atoms with Crippen molar-refractivity contribution in [2.24, 2.45) is 0 Å². The van der Waals surface area contributed by atoms with Crippen molar-refractivity contribution >= 4 is 11.8 Å². The second-order valence-electron chi connectivity index (χ2n) is 6.73. The standard InChI is InChI=1S/C21H28N4O3/c1-4-25-12-13-28-18(19(25)16-8-6-5-7-9-16)14-22-21(26)24-20-17(27-3)11-10-15(2)23-20/h5-11,18-19H,4,12-14H2,1-3H3,(H2,22,23,24,26)/t18-,19-/m0/s1. The molecule has 1 aromatic carbocycles. The lowest BCUT2D eigenvalue weighted by Gasteiger charge is -2.41. The molecule has 0 unspecified atom stereocenters. The normalized spacial score (nSPS) is 19.8. The van der Waals surface area contributed by atoms with Crippen molar-refractivity contribution < 1.29 is 14.3 Å². The summed E-state index contributed by atoms with van der Waals surface area (Å²) in [5.41, 5.74) is 1.99. The van der Waals surface area contributed by atoms with Gasteiger partial charge in [0.05, 0.1) is 25.9 Å². The second kappa shape index (κ2) is 9.52. The predicted octanol–water partition coefficient (Wildman–Crippen LogP) is 2.98. The summed E-state index contributed by atoms with van der Waals surface area (Å²) in [7, 11) is 1.55.